The standard InChI is InChI=1S/C12H13FN2O3/c1-18-9-4-2-3-8(13)11(9)12(17)15-6-5-14-10(16)7-15/h2-4H,5-7H2,1H3,(H,14,16). The van der Waals surface area contributed by atoms with Gasteiger partial charge in [-0.3, -0.25) is 9.59 Å². The van der Waals surface area contributed by atoms with Gasteiger partial charge in [-0.15, -0.1) is 0 Å². The molecule has 2 rings (SSSR count). The molecule has 6 heteroatoms. The molecular formula is C12H13FN2O3. The Labute approximate surface area is 104 Å². The summed E-state index contributed by atoms with van der Waals surface area (Å²) >= 11 is 0. The lowest BCUT2D eigenvalue weighted by Crippen LogP contribution is -2.50. The monoisotopic (exact) mass is 252 g/mol. The highest BCUT2D eigenvalue weighted by Gasteiger charge is 2.26. The summed E-state index contributed by atoms with van der Waals surface area (Å²) in [7, 11) is 1.37. The molecule has 0 radical (unpaired) electrons. The maximum atomic E-state index is 13.7. The first-order valence-corrected chi connectivity index (χ1v) is 5.52. The minimum absolute atomic E-state index is 0.0592. The maximum Gasteiger partial charge on any atom is 0.261 e. The summed E-state index contributed by atoms with van der Waals surface area (Å²) in [4.78, 5) is 24.7. The first-order chi connectivity index (χ1) is 8.63. The number of hydrogen-bond acceptors (Lipinski definition) is 3. The number of methoxy groups -OCH3 is 1. The van der Waals surface area contributed by atoms with Crippen LogP contribution >= 0.6 is 0 Å². The van der Waals surface area contributed by atoms with Gasteiger partial charge < -0.3 is 15.0 Å². The first kappa shape index (κ1) is 12.3. The summed E-state index contributed by atoms with van der Waals surface area (Å²) in [6.45, 7) is 0.680. The van der Waals surface area contributed by atoms with E-state index in [1.165, 1.54) is 30.2 Å². The van der Waals surface area contributed by atoms with E-state index in [-0.39, 0.29) is 23.8 Å². The van der Waals surface area contributed by atoms with Crippen LogP contribution < -0.4 is 10.1 Å². The number of nitrogens with one attached hydrogen (secondary N) is 1. The van der Waals surface area contributed by atoms with Crippen molar-refractivity contribution in [3.05, 3.63) is 29.6 Å². The maximum absolute atomic E-state index is 13.7. The van der Waals surface area contributed by atoms with Crippen LogP contribution in [0.1, 0.15) is 10.4 Å². The quantitative estimate of drug-likeness (QED) is 0.829. The molecule has 0 atom stereocenters. The summed E-state index contributed by atoms with van der Waals surface area (Å²) in [5.41, 5.74) is -0.130. The number of rotatable bonds is 2. The number of benzene rings is 1. The number of hydrogen-bond donors (Lipinski definition) is 1. The Hall–Kier alpha value is -2.11. The van der Waals surface area contributed by atoms with Gasteiger partial charge in [0.1, 0.15) is 17.1 Å². The highest BCUT2D eigenvalue weighted by atomic mass is 19.1. The Kier molecular flexibility index (Phi) is 3.45. The molecular weight excluding hydrogens is 239 g/mol. The van der Waals surface area contributed by atoms with Gasteiger partial charge in [0, 0.05) is 13.1 Å². The van der Waals surface area contributed by atoms with Crippen LogP contribution in [-0.2, 0) is 4.79 Å². The minimum Gasteiger partial charge on any atom is -0.496 e. The summed E-state index contributed by atoms with van der Waals surface area (Å²) in [5, 5.41) is 2.60. The SMILES string of the molecule is COc1cccc(F)c1C(=O)N1CCNC(=O)C1. The molecule has 0 saturated carbocycles. The van der Waals surface area contributed by atoms with Gasteiger partial charge in [-0.1, -0.05) is 6.07 Å². The summed E-state index contributed by atoms with van der Waals surface area (Å²) in [6.07, 6.45) is 0. The molecule has 1 fully saturated rings. The molecule has 0 aromatic heterocycles. The molecule has 2 amide bonds. The molecule has 0 bridgehead atoms. The molecule has 1 aromatic carbocycles. The molecule has 1 aromatic rings. The second-order valence-corrected chi connectivity index (χ2v) is 3.89. The third kappa shape index (κ3) is 2.27. The first-order valence-electron chi connectivity index (χ1n) is 5.52. The van der Waals surface area contributed by atoms with Crippen molar-refractivity contribution in [3.63, 3.8) is 0 Å². The third-order valence-electron chi connectivity index (χ3n) is 2.73. The fourth-order valence-electron chi connectivity index (χ4n) is 1.85. The lowest BCUT2D eigenvalue weighted by atomic mass is 10.1. The molecule has 0 spiro atoms. The molecule has 18 heavy (non-hydrogen) atoms. The van der Waals surface area contributed by atoms with Crippen molar-refractivity contribution >= 4 is 11.8 Å². The lowest BCUT2D eigenvalue weighted by Gasteiger charge is -2.27. The van der Waals surface area contributed by atoms with Gasteiger partial charge in [-0.05, 0) is 12.1 Å². The van der Waals surface area contributed by atoms with Gasteiger partial charge in [0.2, 0.25) is 5.91 Å². The van der Waals surface area contributed by atoms with Crippen LogP contribution in [0, 0.1) is 5.82 Å². The van der Waals surface area contributed by atoms with E-state index in [9.17, 15) is 14.0 Å². The van der Waals surface area contributed by atoms with Crippen LogP contribution in [0.3, 0.4) is 0 Å². The number of carbonyl (C=O) groups excluding carboxylic acids is 2. The zero-order valence-electron chi connectivity index (χ0n) is 9.90. The third-order valence-corrected chi connectivity index (χ3v) is 2.73. The van der Waals surface area contributed by atoms with E-state index < -0.39 is 11.7 Å². The summed E-state index contributed by atoms with van der Waals surface area (Å²) in [6, 6.07) is 4.17. The van der Waals surface area contributed by atoms with Gasteiger partial charge in [0.05, 0.1) is 13.7 Å². The van der Waals surface area contributed by atoms with E-state index in [1.54, 1.807) is 0 Å². The fraction of sp³-hybridized carbons (Fsp3) is 0.333. The van der Waals surface area contributed by atoms with E-state index in [1.807, 2.05) is 0 Å². The van der Waals surface area contributed by atoms with E-state index in [0.29, 0.717) is 13.1 Å². The van der Waals surface area contributed by atoms with Crippen LogP contribution in [-0.4, -0.2) is 43.5 Å². The molecule has 1 aliphatic heterocycles. The van der Waals surface area contributed by atoms with Crippen molar-refractivity contribution in [1.29, 1.82) is 0 Å². The van der Waals surface area contributed by atoms with Gasteiger partial charge in [-0.2, -0.15) is 0 Å². The van der Waals surface area contributed by atoms with E-state index in [0.717, 1.165) is 0 Å². The van der Waals surface area contributed by atoms with Crippen LogP contribution in [0.25, 0.3) is 0 Å². The Morgan fingerprint density at radius 3 is 2.94 bits per heavy atom. The second-order valence-electron chi connectivity index (χ2n) is 3.89. The Balaban J connectivity index is 2.30. The van der Waals surface area contributed by atoms with E-state index in [4.69, 9.17) is 4.74 Å². The number of nitrogens with zero attached hydrogens (tertiary/aromatic N) is 1. The van der Waals surface area contributed by atoms with Crippen LogP contribution in [0.4, 0.5) is 4.39 Å². The zero-order chi connectivity index (χ0) is 13.1. The number of halogens is 1. The summed E-state index contributed by atoms with van der Waals surface area (Å²) < 4.78 is 18.7. The normalized spacial score (nSPS) is 15.2. The topological polar surface area (TPSA) is 58.6 Å². The highest BCUT2D eigenvalue weighted by Crippen LogP contribution is 2.23. The average molecular weight is 252 g/mol. The molecule has 1 N–H and O–H groups in total. The molecule has 0 unspecified atom stereocenters. The van der Waals surface area contributed by atoms with Gasteiger partial charge in [-0.25, -0.2) is 4.39 Å². The van der Waals surface area contributed by atoms with Gasteiger partial charge >= 0.3 is 0 Å². The Bertz CT molecular complexity index is 490. The predicted octanol–water partition coefficient (Wildman–Crippen LogP) is 0.406. The second kappa shape index (κ2) is 5.03. The van der Waals surface area contributed by atoms with Gasteiger partial charge in [0.25, 0.3) is 5.91 Å². The molecule has 1 heterocycles. The van der Waals surface area contributed by atoms with Crippen molar-refractivity contribution < 1.29 is 18.7 Å². The number of amides is 2. The number of ether oxygens (including phenoxy) is 1. The van der Waals surface area contributed by atoms with Crippen LogP contribution in [0.5, 0.6) is 5.75 Å². The zero-order valence-corrected chi connectivity index (χ0v) is 9.90. The predicted molar refractivity (Wildman–Crippen MR) is 61.9 cm³/mol. The number of piperazine rings is 1. The number of carbonyl (C=O) groups is 2. The molecule has 5 nitrogen and oxygen atoms in total. The van der Waals surface area contributed by atoms with Crippen molar-refractivity contribution in [1.82, 2.24) is 10.2 Å². The van der Waals surface area contributed by atoms with E-state index in [2.05, 4.69) is 5.32 Å². The Morgan fingerprint density at radius 2 is 2.28 bits per heavy atom. The highest BCUT2D eigenvalue weighted by molar-refractivity contribution is 5.99. The van der Waals surface area contributed by atoms with Crippen molar-refractivity contribution in [2.24, 2.45) is 0 Å². The lowest BCUT2D eigenvalue weighted by molar-refractivity contribution is -0.123. The molecule has 1 saturated heterocycles. The smallest absolute Gasteiger partial charge is 0.261 e. The van der Waals surface area contributed by atoms with Crippen molar-refractivity contribution in [2.75, 3.05) is 26.7 Å². The summed E-state index contributed by atoms with van der Waals surface area (Å²) in [5.74, 6) is -1.25. The van der Waals surface area contributed by atoms with Crippen molar-refractivity contribution in [2.45, 2.75) is 0 Å². The molecule has 1 aliphatic rings. The average Bonchev–Trinajstić information content (AvgIpc) is 2.37. The fourth-order valence-corrected chi connectivity index (χ4v) is 1.85. The van der Waals surface area contributed by atoms with Crippen molar-refractivity contribution in [3.8, 4) is 5.75 Å². The largest absolute Gasteiger partial charge is 0.496 e. The van der Waals surface area contributed by atoms with E-state index >= 15 is 0 Å². The molecule has 96 valence electrons. The van der Waals surface area contributed by atoms with Crippen LogP contribution in [0.2, 0.25) is 0 Å². The van der Waals surface area contributed by atoms with Crippen LogP contribution in [0.15, 0.2) is 18.2 Å². The minimum atomic E-state index is -0.648. The molecule has 0 aliphatic carbocycles. The Morgan fingerprint density at radius 1 is 1.50 bits per heavy atom. The van der Waals surface area contributed by atoms with Gasteiger partial charge in [0.15, 0.2) is 0 Å².